The highest BCUT2D eigenvalue weighted by atomic mass is 16.6. The second-order valence-electron chi connectivity index (χ2n) is 11.0. The van der Waals surface area contributed by atoms with Gasteiger partial charge in [0.2, 0.25) is 11.9 Å². The molecule has 0 unspecified atom stereocenters. The van der Waals surface area contributed by atoms with E-state index in [1.807, 2.05) is 71.3 Å². The van der Waals surface area contributed by atoms with Crippen molar-refractivity contribution in [1.29, 1.82) is 0 Å². The number of guanidine groups is 1. The van der Waals surface area contributed by atoms with Crippen molar-refractivity contribution in [3.8, 4) is 0 Å². The highest BCUT2D eigenvalue weighted by molar-refractivity contribution is 6.00. The number of aliphatic imine (C=N–C) groups is 1. The molecule has 1 aromatic heterocycles. The van der Waals surface area contributed by atoms with Crippen molar-refractivity contribution < 1.29 is 19.4 Å². The maximum absolute atomic E-state index is 13.4. The van der Waals surface area contributed by atoms with Gasteiger partial charge in [0.05, 0.1) is 18.2 Å². The number of amides is 1. The van der Waals surface area contributed by atoms with Crippen LogP contribution in [-0.2, 0) is 10.3 Å². The van der Waals surface area contributed by atoms with Crippen molar-refractivity contribution >= 4 is 35.3 Å². The number of carbonyl (C=O) groups is 2. The fraction of sp³-hybridized carbons (Fsp3) is 0.387. The molecule has 44 heavy (non-hydrogen) atoms. The molecule has 6 N–H and O–H groups in total. The summed E-state index contributed by atoms with van der Waals surface area (Å²) < 4.78 is 5.48. The zero-order valence-corrected chi connectivity index (χ0v) is 25.8. The Morgan fingerprint density at radius 3 is 2.61 bits per heavy atom. The maximum atomic E-state index is 13.4. The number of fused-ring (bicyclic) bond motifs is 1. The Hall–Kier alpha value is -4.75. The molecule has 1 amide bonds. The van der Waals surface area contributed by atoms with Gasteiger partial charge in [-0.25, -0.2) is 9.78 Å². The Morgan fingerprint density at radius 1 is 1.14 bits per heavy atom. The smallest absolute Gasteiger partial charge is 0.339 e. The minimum absolute atomic E-state index is 0.148. The molecule has 1 aliphatic rings. The Bertz CT molecular complexity index is 1480. The first-order chi connectivity index (χ1) is 21.1. The van der Waals surface area contributed by atoms with Gasteiger partial charge in [0, 0.05) is 30.5 Å². The summed E-state index contributed by atoms with van der Waals surface area (Å²) in [5.41, 5.74) is 7.63. The number of nitrogens with zero attached hydrogens (tertiary/aromatic N) is 4. The number of anilines is 3. The van der Waals surface area contributed by atoms with Crippen LogP contribution in [0.25, 0.3) is 0 Å². The molecule has 1 aliphatic heterocycles. The van der Waals surface area contributed by atoms with E-state index in [0.717, 1.165) is 24.1 Å². The van der Waals surface area contributed by atoms with E-state index in [0.29, 0.717) is 30.3 Å². The van der Waals surface area contributed by atoms with Crippen molar-refractivity contribution in [2.24, 2.45) is 4.99 Å². The Kier molecular flexibility index (Phi) is 10.7. The van der Waals surface area contributed by atoms with Crippen LogP contribution in [0, 0.1) is 0 Å². The van der Waals surface area contributed by atoms with E-state index in [2.05, 4.69) is 46.7 Å². The topological polar surface area (TPSA) is 165 Å². The molecule has 1 atom stereocenters. The molecular formula is C31H41N9O4. The van der Waals surface area contributed by atoms with E-state index in [1.165, 1.54) is 6.20 Å². The van der Waals surface area contributed by atoms with Crippen LogP contribution in [0.5, 0.6) is 0 Å². The van der Waals surface area contributed by atoms with Crippen molar-refractivity contribution in [2.75, 3.05) is 51.0 Å². The first-order valence-electron chi connectivity index (χ1n) is 14.5. The Balaban J connectivity index is 1.57. The van der Waals surface area contributed by atoms with E-state index in [1.54, 1.807) is 12.1 Å². The summed E-state index contributed by atoms with van der Waals surface area (Å²) in [6, 6.07) is 14.1. The Morgan fingerprint density at radius 2 is 1.91 bits per heavy atom. The monoisotopic (exact) mass is 603 g/mol. The van der Waals surface area contributed by atoms with Gasteiger partial charge >= 0.3 is 5.97 Å². The first kappa shape index (κ1) is 32.2. The number of carbonyl (C=O) groups excluding carboxylic acids is 2. The minimum Gasteiger partial charge on any atom is -0.451 e. The molecule has 2 heterocycles. The molecule has 0 radical (unpaired) electrons. The van der Waals surface area contributed by atoms with Crippen LogP contribution >= 0.6 is 0 Å². The highest BCUT2D eigenvalue weighted by Gasteiger charge is 2.37. The molecule has 3 aromatic rings. The molecule has 13 nitrogen and oxygen atoms in total. The van der Waals surface area contributed by atoms with E-state index in [9.17, 15) is 14.7 Å². The van der Waals surface area contributed by atoms with Crippen molar-refractivity contribution in [3.05, 3.63) is 77.0 Å². The summed E-state index contributed by atoms with van der Waals surface area (Å²) in [5, 5.41) is 19.8. The molecule has 0 bridgehead atoms. The van der Waals surface area contributed by atoms with Crippen LogP contribution in [0.2, 0.25) is 0 Å². The fourth-order valence-corrected chi connectivity index (χ4v) is 4.66. The van der Waals surface area contributed by atoms with Crippen molar-refractivity contribution in [1.82, 2.24) is 31.0 Å². The molecule has 234 valence electrons. The van der Waals surface area contributed by atoms with Crippen molar-refractivity contribution in [3.63, 3.8) is 0 Å². The third kappa shape index (κ3) is 8.20. The summed E-state index contributed by atoms with van der Waals surface area (Å²) >= 11 is 0. The highest BCUT2D eigenvalue weighted by Crippen LogP contribution is 2.37. The van der Waals surface area contributed by atoms with E-state index in [4.69, 9.17) is 4.74 Å². The van der Waals surface area contributed by atoms with Crippen LogP contribution in [-0.4, -0.2) is 78.1 Å². The second kappa shape index (κ2) is 14.6. The molecule has 0 saturated carbocycles. The number of rotatable bonds is 12. The number of aliphatic hydroxyl groups is 1. The predicted octanol–water partition coefficient (Wildman–Crippen LogP) is 2.92. The van der Waals surface area contributed by atoms with Gasteiger partial charge in [-0.05, 0) is 71.6 Å². The molecule has 2 aromatic carbocycles. The molecule has 0 fully saturated rings. The number of ether oxygens (including phenoxy) is 1. The summed E-state index contributed by atoms with van der Waals surface area (Å²) in [6.45, 7) is 7.42. The van der Waals surface area contributed by atoms with Gasteiger partial charge in [0.15, 0.2) is 0 Å². The summed E-state index contributed by atoms with van der Waals surface area (Å²) in [7, 11) is 4.02. The third-order valence-corrected chi connectivity index (χ3v) is 6.91. The summed E-state index contributed by atoms with van der Waals surface area (Å²) in [4.78, 5) is 41.1. The minimum atomic E-state index is -0.766. The van der Waals surface area contributed by atoms with Crippen LogP contribution < -0.4 is 26.8 Å². The lowest BCUT2D eigenvalue weighted by molar-refractivity contribution is 0.00953. The summed E-state index contributed by atoms with van der Waals surface area (Å²) in [6.07, 6.45) is 2.30. The zero-order valence-electron chi connectivity index (χ0n) is 25.8. The number of cyclic esters (lactones) is 1. The SMILES string of the molecule is CCN=C(NCCCN(C)C)NNC(=O)c1cnc(Nc2ccc3c(c2)C(C)(C)OC3=O)nc1N[C@H](CO)c1ccccc1. The molecule has 0 aliphatic carbocycles. The number of nitrogens with one attached hydrogen (secondary N) is 5. The predicted molar refractivity (Wildman–Crippen MR) is 170 cm³/mol. The van der Waals surface area contributed by atoms with Crippen LogP contribution in [0.3, 0.4) is 0 Å². The van der Waals surface area contributed by atoms with Crippen molar-refractivity contribution in [2.45, 2.75) is 38.8 Å². The number of hydrazine groups is 1. The number of hydrogen-bond donors (Lipinski definition) is 6. The number of benzene rings is 2. The second-order valence-corrected chi connectivity index (χ2v) is 11.0. The lowest BCUT2D eigenvalue weighted by Crippen LogP contribution is -2.48. The van der Waals surface area contributed by atoms with Gasteiger partial charge in [-0.1, -0.05) is 30.3 Å². The normalized spacial score (nSPS) is 14.4. The van der Waals surface area contributed by atoms with E-state index < -0.39 is 17.6 Å². The van der Waals surface area contributed by atoms with Gasteiger partial charge in [0.1, 0.15) is 17.0 Å². The van der Waals surface area contributed by atoms with Gasteiger partial charge in [-0.3, -0.25) is 20.6 Å². The largest absolute Gasteiger partial charge is 0.451 e. The van der Waals surface area contributed by atoms with Crippen LogP contribution in [0.15, 0.2) is 59.7 Å². The number of hydrogen-bond acceptors (Lipinski definition) is 10. The van der Waals surface area contributed by atoms with Gasteiger partial charge in [0.25, 0.3) is 5.91 Å². The third-order valence-electron chi connectivity index (χ3n) is 6.91. The quantitative estimate of drug-likeness (QED) is 0.0593. The fourth-order valence-electron chi connectivity index (χ4n) is 4.66. The van der Waals surface area contributed by atoms with Gasteiger partial charge < -0.3 is 30.7 Å². The molecule has 0 saturated heterocycles. The number of aromatic nitrogens is 2. The standard InChI is InChI=1S/C31H41N9O4/c1-6-32-29(33-15-10-16-40(4)5)39-38-27(42)23-18-34-30(37-26(23)36-25(19-41)20-11-8-7-9-12-20)35-21-13-14-22-24(17-21)31(2,3)44-28(22)43/h7-9,11-14,17-18,25,41H,6,10,15-16,19H2,1-5H3,(H,38,42)(H2,32,33,39)(H2,34,35,36,37)/t25-/m1/s1. The zero-order chi connectivity index (χ0) is 31.7. The average Bonchev–Trinajstić information content (AvgIpc) is 3.23. The first-order valence-corrected chi connectivity index (χ1v) is 14.5. The molecular weight excluding hydrogens is 562 g/mol. The molecule has 4 rings (SSSR count). The number of aliphatic hydroxyl groups excluding tert-OH is 1. The van der Waals surface area contributed by atoms with E-state index in [-0.39, 0.29) is 29.9 Å². The van der Waals surface area contributed by atoms with Gasteiger partial charge in [-0.2, -0.15) is 4.98 Å². The lowest BCUT2D eigenvalue weighted by atomic mass is 9.95. The summed E-state index contributed by atoms with van der Waals surface area (Å²) in [5.74, 6) is -0.0150. The molecule has 0 spiro atoms. The van der Waals surface area contributed by atoms with Gasteiger partial charge in [-0.15, -0.1) is 0 Å². The average molecular weight is 604 g/mol. The lowest BCUT2D eigenvalue weighted by Gasteiger charge is -2.20. The number of esters is 1. The molecule has 13 heteroatoms. The van der Waals surface area contributed by atoms with Crippen LogP contribution in [0.1, 0.15) is 65.1 Å². The Labute approximate surface area is 257 Å². The van der Waals surface area contributed by atoms with E-state index >= 15 is 0 Å². The maximum Gasteiger partial charge on any atom is 0.339 e. The van der Waals surface area contributed by atoms with Crippen LogP contribution in [0.4, 0.5) is 17.5 Å².